The van der Waals surface area contributed by atoms with Gasteiger partial charge in [0.05, 0.1) is 7.11 Å². The Kier molecular flexibility index (Phi) is 2.16. The number of amidine groups is 2. The summed E-state index contributed by atoms with van der Waals surface area (Å²) in [5.41, 5.74) is 1.50. The molecule has 0 radical (unpaired) electrons. The maximum atomic E-state index is 11.3. The monoisotopic (exact) mass is 207 g/mol. The van der Waals surface area contributed by atoms with Gasteiger partial charge in [-0.15, -0.1) is 0 Å². The van der Waals surface area contributed by atoms with Crippen LogP contribution in [-0.4, -0.2) is 42.8 Å². The van der Waals surface area contributed by atoms with E-state index in [0.29, 0.717) is 5.84 Å². The summed E-state index contributed by atoms with van der Waals surface area (Å²) in [6.45, 7) is 1.81. The molecule has 0 saturated heterocycles. The first kappa shape index (κ1) is 9.66. The van der Waals surface area contributed by atoms with Crippen LogP contribution >= 0.6 is 0 Å². The maximum absolute atomic E-state index is 11.3. The Bertz CT molecular complexity index is 423. The molecule has 2 aliphatic rings. The number of nitrogens with zero attached hydrogens (tertiary/aromatic N) is 4. The van der Waals surface area contributed by atoms with Crippen LogP contribution in [0.2, 0.25) is 0 Å². The summed E-state index contributed by atoms with van der Waals surface area (Å²) in [4.78, 5) is 31.7. The normalized spacial score (nSPS) is 27.1. The molecule has 1 unspecified atom stereocenters. The second-order valence-corrected chi connectivity index (χ2v) is 3.17. The summed E-state index contributed by atoms with van der Waals surface area (Å²) in [6, 6.07) is 0. The van der Waals surface area contributed by atoms with E-state index in [1.807, 2.05) is 6.92 Å². The van der Waals surface area contributed by atoms with Crippen molar-refractivity contribution in [2.45, 2.75) is 12.5 Å². The van der Waals surface area contributed by atoms with Crippen molar-refractivity contribution in [3.63, 3.8) is 0 Å². The van der Waals surface area contributed by atoms with E-state index in [0.717, 1.165) is 0 Å². The molecule has 0 saturated carbocycles. The number of nitrogens with one attached hydrogen (secondary N) is 1. The molecule has 78 valence electrons. The summed E-state index contributed by atoms with van der Waals surface area (Å²) in [5, 5.41) is 0. The number of fused-ring (bicyclic) bond motifs is 1. The number of amides is 1. The molecule has 0 bridgehead atoms. The summed E-state index contributed by atoms with van der Waals surface area (Å²) < 4.78 is 0. The van der Waals surface area contributed by atoms with Gasteiger partial charge in [-0.1, -0.05) is 0 Å². The molecule has 7 heteroatoms. The van der Waals surface area contributed by atoms with Crippen LogP contribution in [0, 0.1) is 0 Å². The molecule has 2 heterocycles. The third kappa shape index (κ3) is 1.57. The highest BCUT2D eigenvalue weighted by molar-refractivity contribution is 6.43. The van der Waals surface area contributed by atoms with Gasteiger partial charge in [0, 0.05) is 6.21 Å². The van der Waals surface area contributed by atoms with E-state index in [4.69, 9.17) is 0 Å². The summed E-state index contributed by atoms with van der Waals surface area (Å²) in [7, 11) is 1.34. The molecule has 0 fully saturated rings. The van der Waals surface area contributed by atoms with E-state index in [9.17, 15) is 4.79 Å². The van der Waals surface area contributed by atoms with Crippen molar-refractivity contribution in [1.29, 1.82) is 0 Å². The van der Waals surface area contributed by atoms with Crippen molar-refractivity contribution in [2.75, 3.05) is 7.11 Å². The fraction of sp³-hybridized carbons (Fsp3) is 0.375. The molecule has 2 aliphatic heterocycles. The minimum Gasteiger partial charge on any atom is -0.277 e. The quantitative estimate of drug-likeness (QED) is 0.609. The summed E-state index contributed by atoms with van der Waals surface area (Å²) in [6.07, 6.45) is 2.94. The topological polar surface area (TPSA) is 87.8 Å². The third-order valence-electron chi connectivity index (χ3n) is 2.01. The second-order valence-electron chi connectivity index (χ2n) is 3.17. The second kappa shape index (κ2) is 3.35. The van der Waals surface area contributed by atoms with Gasteiger partial charge in [0.15, 0.2) is 11.4 Å². The Morgan fingerprint density at radius 2 is 2.40 bits per heavy atom. The predicted octanol–water partition coefficient (Wildman–Crippen LogP) is -0.654. The third-order valence-corrected chi connectivity index (χ3v) is 2.01. The van der Waals surface area contributed by atoms with E-state index in [2.05, 4.69) is 30.3 Å². The molecule has 15 heavy (non-hydrogen) atoms. The van der Waals surface area contributed by atoms with Gasteiger partial charge in [-0.3, -0.25) is 14.6 Å². The van der Waals surface area contributed by atoms with Crippen molar-refractivity contribution >= 4 is 30.1 Å². The molecule has 0 spiro atoms. The number of carbonyl (C=O) groups excluding carboxylic acids is 1. The summed E-state index contributed by atoms with van der Waals surface area (Å²) in [5.74, 6) is -0.0391. The number of hydrogen-bond donors (Lipinski definition) is 1. The molecule has 7 nitrogen and oxygen atoms in total. The number of carbonyl (C=O) groups is 1. The highest BCUT2D eigenvalue weighted by atomic mass is 16.6. The van der Waals surface area contributed by atoms with Crippen LogP contribution in [0.1, 0.15) is 6.92 Å². The number of hydrogen-bond acceptors (Lipinski definition) is 6. The first-order chi connectivity index (χ1) is 7.15. The molecule has 0 aliphatic carbocycles. The largest absolute Gasteiger partial charge is 0.312 e. The Labute approximate surface area is 85.6 Å². The zero-order valence-corrected chi connectivity index (χ0v) is 8.26. The van der Waals surface area contributed by atoms with E-state index in [-0.39, 0.29) is 5.84 Å². The standard InChI is InChI=1S/C8H9N5O2/c1-8-3-9-5(6(14)13-15-2)12-7(8)10-4-11-8/h3-4H,1-2H3,(H,13,14). The molecule has 1 amide bonds. The van der Waals surface area contributed by atoms with Crippen molar-refractivity contribution in [3.05, 3.63) is 0 Å². The zero-order chi connectivity index (χ0) is 10.9. The fourth-order valence-corrected chi connectivity index (χ4v) is 1.19. The molecule has 2 rings (SSSR count). The van der Waals surface area contributed by atoms with Gasteiger partial charge in [0.2, 0.25) is 5.84 Å². The average Bonchev–Trinajstić information content (AvgIpc) is 2.58. The van der Waals surface area contributed by atoms with Crippen molar-refractivity contribution in [3.8, 4) is 0 Å². The van der Waals surface area contributed by atoms with Crippen LogP contribution in [0.4, 0.5) is 0 Å². The van der Waals surface area contributed by atoms with E-state index in [1.54, 1.807) is 0 Å². The van der Waals surface area contributed by atoms with E-state index >= 15 is 0 Å². The van der Waals surface area contributed by atoms with Gasteiger partial charge in [0.1, 0.15) is 6.34 Å². The number of aliphatic imine (C=N–C) groups is 4. The maximum Gasteiger partial charge on any atom is 0.312 e. The van der Waals surface area contributed by atoms with Gasteiger partial charge < -0.3 is 0 Å². The van der Waals surface area contributed by atoms with Gasteiger partial charge in [-0.25, -0.2) is 20.5 Å². The van der Waals surface area contributed by atoms with Crippen LogP contribution in [0.3, 0.4) is 0 Å². The Morgan fingerprint density at radius 3 is 3.13 bits per heavy atom. The van der Waals surface area contributed by atoms with Crippen LogP contribution in [-0.2, 0) is 9.63 Å². The lowest BCUT2D eigenvalue weighted by Gasteiger charge is -2.18. The molecule has 0 aromatic carbocycles. The van der Waals surface area contributed by atoms with Crippen LogP contribution in [0.5, 0.6) is 0 Å². The first-order valence-corrected chi connectivity index (χ1v) is 4.25. The lowest BCUT2D eigenvalue weighted by molar-refractivity contribution is -0.124. The first-order valence-electron chi connectivity index (χ1n) is 4.25. The lowest BCUT2D eigenvalue weighted by Crippen LogP contribution is -2.39. The van der Waals surface area contributed by atoms with E-state index in [1.165, 1.54) is 19.7 Å². The highest BCUT2D eigenvalue weighted by Crippen LogP contribution is 2.18. The Balaban J connectivity index is 2.24. The fourth-order valence-electron chi connectivity index (χ4n) is 1.19. The lowest BCUT2D eigenvalue weighted by atomic mass is 10.0. The van der Waals surface area contributed by atoms with Crippen LogP contribution in [0.25, 0.3) is 0 Å². The van der Waals surface area contributed by atoms with Gasteiger partial charge in [-0.2, -0.15) is 0 Å². The van der Waals surface area contributed by atoms with Crippen molar-refractivity contribution < 1.29 is 9.63 Å². The average molecular weight is 207 g/mol. The van der Waals surface area contributed by atoms with Gasteiger partial charge in [-0.05, 0) is 6.92 Å². The van der Waals surface area contributed by atoms with Gasteiger partial charge >= 0.3 is 5.91 Å². The van der Waals surface area contributed by atoms with Crippen molar-refractivity contribution in [2.24, 2.45) is 20.0 Å². The van der Waals surface area contributed by atoms with Crippen LogP contribution < -0.4 is 5.48 Å². The minimum absolute atomic E-state index is 0.0126. The predicted molar refractivity (Wildman–Crippen MR) is 55.4 cm³/mol. The molecule has 0 aromatic heterocycles. The molecule has 1 N–H and O–H groups in total. The molecule has 1 atom stereocenters. The smallest absolute Gasteiger partial charge is 0.277 e. The number of rotatable bonds is 2. The highest BCUT2D eigenvalue weighted by Gasteiger charge is 2.35. The number of hydroxylamine groups is 1. The SMILES string of the molecule is CONC(=O)C1=NC2=NC=NC2(C)C=N1. The zero-order valence-electron chi connectivity index (χ0n) is 8.26. The van der Waals surface area contributed by atoms with Crippen molar-refractivity contribution in [1.82, 2.24) is 5.48 Å². The molecule has 0 aromatic rings. The van der Waals surface area contributed by atoms with Crippen LogP contribution in [0.15, 0.2) is 20.0 Å². The minimum atomic E-state index is -0.628. The van der Waals surface area contributed by atoms with E-state index < -0.39 is 11.4 Å². The molecular formula is C8H9N5O2. The van der Waals surface area contributed by atoms with Gasteiger partial charge in [0.25, 0.3) is 0 Å². The molecular weight excluding hydrogens is 198 g/mol. The Morgan fingerprint density at radius 1 is 1.60 bits per heavy atom. The Hall–Kier alpha value is -1.89. The summed E-state index contributed by atoms with van der Waals surface area (Å²) >= 11 is 0.